The Bertz CT molecular complexity index is 137. The maximum atomic E-state index is 10.5. The van der Waals surface area contributed by atoms with E-state index in [1.165, 1.54) is 0 Å². The molecule has 0 aromatic carbocycles. The number of hydrogen-bond acceptors (Lipinski definition) is 2. The Balaban J connectivity index is 0. The molecule has 0 radical (unpaired) electrons. The zero-order chi connectivity index (χ0) is 8.91. The first-order valence-electron chi connectivity index (χ1n) is 4.03. The van der Waals surface area contributed by atoms with Crippen molar-refractivity contribution < 1.29 is 9.90 Å². The Hall–Kier alpha value is -0.280. The Morgan fingerprint density at radius 1 is 1.50 bits per heavy atom. The SMILES string of the molecule is CCCCC[C@@](C)(N)C(=O)O.Cl. The van der Waals surface area contributed by atoms with Gasteiger partial charge in [-0.15, -0.1) is 12.4 Å². The Kier molecular flexibility index (Phi) is 7.44. The summed E-state index contributed by atoms with van der Waals surface area (Å²) in [4.78, 5) is 10.5. The number of nitrogens with two attached hydrogens (primary N) is 1. The van der Waals surface area contributed by atoms with Crippen molar-refractivity contribution in [1.29, 1.82) is 0 Å². The van der Waals surface area contributed by atoms with E-state index in [-0.39, 0.29) is 12.4 Å². The molecule has 3 nitrogen and oxygen atoms in total. The molecule has 0 aliphatic rings. The summed E-state index contributed by atoms with van der Waals surface area (Å²) in [7, 11) is 0. The van der Waals surface area contributed by atoms with Crippen LogP contribution >= 0.6 is 12.4 Å². The minimum Gasteiger partial charge on any atom is -0.480 e. The van der Waals surface area contributed by atoms with Gasteiger partial charge in [-0.3, -0.25) is 4.79 Å². The molecule has 0 heterocycles. The number of aliphatic carboxylic acids is 1. The lowest BCUT2D eigenvalue weighted by Gasteiger charge is -2.18. The molecule has 0 unspecified atom stereocenters. The Labute approximate surface area is 79.7 Å². The van der Waals surface area contributed by atoms with Crippen LogP contribution in [0.2, 0.25) is 0 Å². The second kappa shape index (κ2) is 6.26. The van der Waals surface area contributed by atoms with Gasteiger partial charge in [0, 0.05) is 0 Å². The van der Waals surface area contributed by atoms with Crippen molar-refractivity contribution in [2.24, 2.45) is 5.73 Å². The van der Waals surface area contributed by atoms with Gasteiger partial charge in [-0.25, -0.2) is 0 Å². The largest absolute Gasteiger partial charge is 0.480 e. The van der Waals surface area contributed by atoms with Gasteiger partial charge in [0.05, 0.1) is 0 Å². The van der Waals surface area contributed by atoms with Gasteiger partial charge >= 0.3 is 5.97 Å². The van der Waals surface area contributed by atoms with E-state index in [1.807, 2.05) is 0 Å². The molecule has 0 fully saturated rings. The summed E-state index contributed by atoms with van der Waals surface area (Å²) in [6.45, 7) is 3.64. The lowest BCUT2D eigenvalue weighted by atomic mass is 9.96. The standard InChI is InChI=1S/C8H17NO2.ClH/c1-3-4-5-6-8(2,9)7(10)11;/h3-6,9H2,1-2H3,(H,10,11);1H/t8-;/m1./s1. The van der Waals surface area contributed by atoms with Gasteiger partial charge in [-0.1, -0.05) is 26.2 Å². The summed E-state index contributed by atoms with van der Waals surface area (Å²) < 4.78 is 0. The van der Waals surface area contributed by atoms with Crippen LogP contribution in [0.25, 0.3) is 0 Å². The van der Waals surface area contributed by atoms with Crippen molar-refractivity contribution >= 4 is 18.4 Å². The lowest BCUT2D eigenvalue weighted by Crippen LogP contribution is -2.44. The molecule has 0 saturated carbocycles. The Morgan fingerprint density at radius 2 is 2.00 bits per heavy atom. The summed E-state index contributed by atoms with van der Waals surface area (Å²) in [6, 6.07) is 0. The highest BCUT2D eigenvalue weighted by molar-refractivity contribution is 5.85. The molecule has 74 valence electrons. The maximum absolute atomic E-state index is 10.5. The van der Waals surface area contributed by atoms with Gasteiger partial charge in [0.1, 0.15) is 5.54 Å². The molecule has 0 aromatic rings. The van der Waals surface area contributed by atoms with Gasteiger partial charge in [-0.05, 0) is 13.3 Å². The number of carboxylic acid groups (broad SMARTS) is 1. The van der Waals surface area contributed by atoms with Crippen molar-refractivity contribution in [1.82, 2.24) is 0 Å². The number of halogens is 1. The fourth-order valence-corrected chi connectivity index (χ4v) is 0.849. The number of unbranched alkanes of at least 4 members (excludes halogenated alkanes) is 2. The molecule has 4 heteroatoms. The molecule has 12 heavy (non-hydrogen) atoms. The van der Waals surface area contributed by atoms with E-state index in [9.17, 15) is 4.79 Å². The van der Waals surface area contributed by atoms with E-state index in [4.69, 9.17) is 10.8 Å². The third kappa shape index (κ3) is 5.38. The zero-order valence-corrected chi connectivity index (χ0v) is 8.49. The van der Waals surface area contributed by atoms with Crippen molar-refractivity contribution in [2.45, 2.75) is 45.1 Å². The van der Waals surface area contributed by atoms with E-state index in [0.717, 1.165) is 19.3 Å². The van der Waals surface area contributed by atoms with Gasteiger partial charge in [-0.2, -0.15) is 0 Å². The predicted octanol–water partition coefficient (Wildman–Crippen LogP) is 1.79. The third-order valence-electron chi connectivity index (χ3n) is 1.79. The van der Waals surface area contributed by atoms with Crippen LogP contribution in [0.5, 0.6) is 0 Å². The molecule has 0 amide bonds. The van der Waals surface area contributed by atoms with Crippen LogP contribution in [0.1, 0.15) is 39.5 Å². The second-order valence-electron chi connectivity index (χ2n) is 3.18. The highest BCUT2D eigenvalue weighted by Crippen LogP contribution is 2.11. The first kappa shape index (κ1) is 14.3. The maximum Gasteiger partial charge on any atom is 0.323 e. The van der Waals surface area contributed by atoms with E-state index < -0.39 is 11.5 Å². The summed E-state index contributed by atoms with van der Waals surface area (Å²) in [5, 5.41) is 8.62. The van der Waals surface area contributed by atoms with Crippen molar-refractivity contribution in [3.8, 4) is 0 Å². The monoisotopic (exact) mass is 195 g/mol. The lowest BCUT2D eigenvalue weighted by molar-refractivity contribution is -0.142. The zero-order valence-electron chi connectivity index (χ0n) is 7.67. The van der Waals surface area contributed by atoms with E-state index in [0.29, 0.717) is 6.42 Å². The highest BCUT2D eigenvalue weighted by atomic mass is 35.5. The second-order valence-corrected chi connectivity index (χ2v) is 3.18. The van der Waals surface area contributed by atoms with Crippen molar-refractivity contribution in [3.63, 3.8) is 0 Å². The van der Waals surface area contributed by atoms with Gasteiger partial charge in [0.15, 0.2) is 0 Å². The third-order valence-corrected chi connectivity index (χ3v) is 1.79. The average Bonchev–Trinajstić information content (AvgIpc) is 1.88. The predicted molar refractivity (Wildman–Crippen MR) is 51.6 cm³/mol. The van der Waals surface area contributed by atoms with Gasteiger partial charge < -0.3 is 10.8 Å². The minimum atomic E-state index is -1.03. The normalized spacial score (nSPS) is 14.6. The first-order valence-corrected chi connectivity index (χ1v) is 4.03. The summed E-state index contributed by atoms with van der Waals surface area (Å²) >= 11 is 0. The molecule has 1 atom stereocenters. The number of carboxylic acids is 1. The van der Waals surface area contributed by atoms with Crippen molar-refractivity contribution in [3.05, 3.63) is 0 Å². The smallest absolute Gasteiger partial charge is 0.323 e. The molecule has 0 aliphatic carbocycles. The van der Waals surface area contributed by atoms with Crippen LogP contribution in [0.3, 0.4) is 0 Å². The van der Waals surface area contributed by atoms with Crippen LogP contribution in [0.4, 0.5) is 0 Å². The average molecular weight is 196 g/mol. The van der Waals surface area contributed by atoms with E-state index >= 15 is 0 Å². The molecule has 0 aromatic heterocycles. The van der Waals surface area contributed by atoms with Crippen LogP contribution in [0.15, 0.2) is 0 Å². The Morgan fingerprint density at radius 3 is 2.33 bits per heavy atom. The van der Waals surface area contributed by atoms with Crippen LogP contribution in [-0.4, -0.2) is 16.6 Å². The minimum absolute atomic E-state index is 0. The van der Waals surface area contributed by atoms with E-state index in [2.05, 4.69) is 6.92 Å². The van der Waals surface area contributed by atoms with Crippen LogP contribution in [0, 0.1) is 0 Å². The topological polar surface area (TPSA) is 63.3 Å². The molecule has 0 aliphatic heterocycles. The first-order chi connectivity index (χ1) is 5.00. The number of hydrogen-bond donors (Lipinski definition) is 2. The number of rotatable bonds is 5. The van der Waals surface area contributed by atoms with Gasteiger partial charge in [0.2, 0.25) is 0 Å². The molecule has 0 rings (SSSR count). The molecule has 0 bridgehead atoms. The van der Waals surface area contributed by atoms with E-state index in [1.54, 1.807) is 6.92 Å². The molecule has 0 spiro atoms. The summed E-state index contributed by atoms with van der Waals surface area (Å²) in [5.74, 6) is -0.909. The molecular weight excluding hydrogens is 178 g/mol. The number of carbonyl (C=O) groups is 1. The highest BCUT2D eigenvalue weighted by Gasteiger charge is 2.26. The van der Waals surface area contributed by atoms with Crippen molar-refractivity contribution in [2.75, 3.05) is 0 Å². The van der Waals surface area contributed by atoms with Gasteiger partial charge in [0.25, 0.3) is 0 Å². The van der Waals surface area contributed by atoms with Crippen LogP contribution in [-0.2, 0) is 4.79 Å². The van der Waals surface area contributed by atoms with Crippen LogP contribution < -0.4 is 5.73 Å². The fraction of sp³-hybridized carbons (Fsp3) is 0.875. The molecule has 0 saturated heterocycles. The summed E-state index contributed by atoms with van der Waals surface area (Å²) in [5.41, 5.74) is 4.47. The molecule has 3 N–H and O–H groups in total. The fourth-order valence-electron chi connectivity index (χ4n) is 0.849. The molecular formula is C8H18ClNO2. The summed E-state index contributed by atoms with van der Waals surface area (Å²) in [6.07, 6.45) is 3.61. The quantitative estimate of drug-likeness (QED) is 0.658.